The summed E-state index contributed by atoms with van der Waals surface area (Å²) in [6.07, 6.45) is 6.89. The van der Waals surface area contributed by atoms with E-state index in [0.29, 0.717) is 23.0 Å². The lowest BCUT2D eigenvalue weighted by atomic mass is 10.2. The number of thioether (sulfide) groups is 1. The summed E-state index contributed by atoms with van der Waals surface area (Å²) in [5, 5.41) is 8.61. The van der Waals surface area contributed by atoms with Crippen LogP contribution in [0.4, 0.5) is 0 Å². The average molecular weight is 385 g/mol. The van der Waals surface area contributed by atoms with Crippen LogP contribution in [0.1, 0.15) is 39.4 Å². The molecule has 3 aromatic rings. The molecule has 4 rings (SSSR count). The Morgan fingerprint density at radius 3 is 2.93 bits per heavy atom. The van der Waals surface area contributed by atoms with Crippen molar-refractivity contribution in [2.75, 3.05) is 18.8 Å². The molecule has 0 aliphatic carbocycles. The van der Waals surface area contributed by atoms with Gasteiger partial charge in [0.2, 0.25) is 0 Å². The Hall–Kier alpha value is -2.81. The van der Waals surface area contributed by atoms with Gasteiger partial charge in [0.15, 0.2) is 10.9 Å². The van der Waals surface area contributed by atoms with E-state index in [1.54, 1.807) is 24.9 Å². The fraction of sp³-hybridized carbons (Fsp3) is 0.333. The molecule has 0 spiro atoms. The molecule has 140 valence electrons. The number of nitrogens with one attached hydrogen (secondary N) is 1. The van der Waals surface area contributed by atoms with E-state index >= 15 is 0 Å². The van der Waals surface area contributed by atoms with Gasteiger partial charge in [0, 0.05) is 24.8 Å². The van der Waals surface area contributed by atoms with Gasteiger partial charge in [-0.3, -0.25) is 9.59 Å². The van der Waals surface area contributed by atoms with Crippen molar-refractivity contribution in [3.8, 4) is 0 Å². The first kappa shape index (κ1) is 17.6. The summed E-state index contributed by atoms with van der Waals surface area (Å²) in [5.74, 6) is 0.895. The van der Waals surface area contributed by atoms with E-state index in [1.165, 1.54) is 11.8 Å². The van der Waals surface area contributed by atoms with Gasteiger partial charge in [-0.05, 0) is 31.0 Å². The molecule has 0 atom stereocenters. The van der Waals surface area contributed by atoms with Crippen molar-refractivity contribution in [2.24, 2.45) is 0 Å². The number of Topliss-reactive ketones (excluding diaryl/α,β-unsaturated/α-hetero) is 1. The van der Waals surface area contributed by atoms with Crippen molar-refractivity contribution in [1.82, 2.24) is 24.6 Å². The fourth-order valence-electron chi connectivity index (χ4n) is 3.02. The van der Waals surface area contributed by atoms with Crippen LogP contribution in [-0.4, -0.2) is 55.2 Å². The van der Waals surface area contributed by atoms with Gasteiger partial charge in [0.25, 0.3) is 5.91 Å². The third kappa shape index (κ3) is 3.97. The number of ketones is 1. The normalized spacial score (nSPS) is 14.0. The number of aromatic amines is 1. The number of carbonyl (C=O) groups excluding carboxylic acids is 2. The molecule has 1 saturated heterocycles. The lowest BCUT2D eigenvalue weighted by Crippen LogP contribution is -2.27. The highest BCUT2D eigenvalue weighted by atomic mass is 32.2. The molecule has 27 heavy (non-hydrogen) atoms. The number of aromatic nitrogens is 4. The zero-order chi connectivity index (χ0) is 18.6. The zero-order valence-corrected chi connectivity index (χ0v) is 15.4. The van der Waals surface area contributed by atoms with E-state index in [1.807, 2.05) is 21.6 Å². The lowest BCUT2D eigenvalue weighted by Gasteiger charge is -2.13. The number of furan rings is 1. The molecule has 1 aliphatic heterocycles. The van der Waals surface area contributed by atoms with Gasteiger partial charge in [-0.1, -0.05) is 11.8 Å². The first-order valence-electron chi connectivity index (χ1n) is 8.74. The molecule has 0 bridgehead atoms. The monoisotopic (exact) mass is 385 g/mol. The Kier molecular flexibility index (Phi) is 5.10. The van der Waals surface area contributed by atoms with E-state index in [2.05, 4.69) is 15.2 Å². The standard InChI is InChI=1S/C18H19N5O3S/c24-16(13-8-15(19-9-13)17(25)22-5-1-2-6-22)11-27-18-21-20-12-23(18)10-14-4-3-7-26-14/h3-4,7-9,12,19H,1-2,5-6,10-11H2. The molecule has 1 amide bonds. The van der Waals surface area contributed by atoms with Crippen molar-refractivity contribution < 1.29 is 14.0 Å². The van der Waals surface area contributed by atoms with Crippen LogP contribution in [0.25, 0.3) is 0 Å². The van der Waals surface area contributed by atoms with Crippen molar-refractivity contribution in [3.63, 3.8) is 0 Å². The Morgan fingerprint density at radius 2 is 2.15 bits per heavy atom. The summed E-state index contributed by atoms with van der Waals surface area (Å²) in [6.45, 7) is 2.07. The summed E-state index contributed by atoms with van der Waals surface area (Å²) in [4.78, 5) is 29.6. The SMILES string of the molecule is O=C(CSc1nncn1Cc1ccco1)c1c[nH]c(C(=O)N2CCCC2)c1. The molecule has 4 heterocycles. The summed E-state index contributed by atoms with van der Waals surface area (Å²) in [5.41, 5.74) is 0.966. The number of amides is 1. The molecular weight excluding hydrogens is 366 g/mol. The Balaban J connectivity index is 1.36. The molecule has 3 aromatic heterocycles. The maximum atomic E-state index is 12.5. The van der Waals surface area contributed by atoms with Crippen LogP contribution in [0.2, 0.25) is 0 Å². The van der Waals surface area contributed by atoms with Crippen molar-refractivity contribution in [1.29, 1.82) is 0 Å². The van der Waals surface area contributed by atoms with E-state index in [4.69, 9.17) is 4.42 Å². The summed E-state index contributed by atoms with van der Waals surface area (Å²) < 4.78 is 7.16. The molecule has 0 saturated carbocycles. The quantitative estimate of drug-likeness (QED) is 0.496. The van der Waals surface area contributed by atoms with Gasteiger partial charge in [-0.2, -0.15) is 0 Å². The van der Waals surface area contributed by atoms with Crippen LogP contribution >= 0.6 is 11.8 Å². The molecule has 0 aromatic carbocycles. The number of rotatable bonds is 7. The predicted octanol–water partition coefficient (Wildman–Crippen LogP) is 2.46. The van der Waals surface area contributed by atoms with Gasteiger partial charge < -0.3 is 18.9 Å². The number of hydrogen-bond acceptors (Lipinski definition) is 6. The van der Waals surface area contributed by atoms with Gasteiger partial charge >= 0.3 is 0 Å². The maximum absolute atomic E-state index is 12.5. The van der Waals surface area contributed by atoms with Crippen molar-refractivity contribution >= 4 is 23.5 Å². The second kappa shape index (κ2) is 7.83. The molecule has 0 unspecified atom stereocenters. The number of carbonyl (C=O) groups is 2. The van der Waals surface area contributed by atoms with E-state index in [9.17, 15) is 9.59 Å². The van der Waals surface area contributed by atoms with E-state index in [0.717, 1.165) is 31.7 Å². The lowest BCUT2D eigenvalue weighted by molar-refractivity contribution is 0.0787. The van der Waals surface area contributed by atoms with Gasteiger partial charge in [0.1, 0.15) is 17.8 Å². The van der Waals surface area contributed by atoms with Crippen LogP contribution in [0, 0.1) is 0 Å². The van der Waals surface area contributed by atoms with Crippen LogP contribution < -0.4 is 0 Å². The highest BCUT2D eigenvalue weighted by Crippen LogP contribution is 2.19. The van der Waals surface area contributed by atoms with E-state index in [-0.39, 0.29) is 17.4 Å². The highest BCUT2D eigenvalue weighted by molar-refractivity contribution is 7.99. The number of nitrogens with zero attached hydrogens (tertiary/aromatic N) is 4. The summed E-state index contributed by atoms with van der Waals surface area (Å²) in [6, 6.07) is 5.33. The number of hydrogen-bond donors (Lipinski definition) is 1. The predicted molar refractivity (Wildman–Crippen MR) is 98.8 cm³/mol. The number of likely N-dealkylation sites (tertiary alicyclic amines) is 1. The molecule has 0 radical (unpaired) electrons. The fourth-order valence-corrected chi connectivity index (χ4v) is 3.83. The average Bonchev–Trinajstić information content (AvgIpc) is 3.48. The molecular formula is C18H19N5O3S. The summed E-state index contributed by atoms with van der Waals surface area (Å²) >= 11 is 1.31. The topological polar surface area (TPSA) is 97.0 Å². The van der Waals surface area contributed by atoms with Crippen molar-refractivity contribution in [2.45, 2.75) is 24.5 Å². The van der Waals surface area contributed by atoms with Gasteiger partial charge in [-0.15, -0.1) is 10.2 Å². The second-order valence-electron chi connectivity index (χ2n) is 6.33. The van der Waals surface area contributed by atoms with Crippen LogP contribution in [-0.2, 0) is 6.54 Å². The zero-order valence-electron chi connectivity index (χ0n) is 14.6. The van der Waals surface area contributed by atoms with Gasteiger partial charge in [0.05, 0.1) is 18.6 Å². The molecule has 9 heteroatoms. The van der Waals surface area contributed by atoms with E-state index < -0.39 is 0 Å². The summed E-state index contributed by atoms with van der Waals surface area (Å²) in [7, 11) is 0. The Morgan fingerprint density at radius 1 is 1.30 bits per heavy atom. The molecule has 1 N–H and O–H groups in total. The third-order valence-electron chi connectivity index (χ3n) is 4.45. The Labute approximate surface area is 159 Å². The van der Waals surface area contributed by atoms with Crippen LogP contribution in [0.3, 0.4) is 0 Å². The van der Waals surface area contributed by atoms with Crippen LogP contribution in [0.15, 0.2) is 46.6 Å². The Bertz CT molecular complexity index is 925. The molecule has 1 aliphatic rings. The number of H-pyrrole nitrogens is 1. The highest BCUT2D eigenvalue weighted by Gasteiger charge is 2.22. The smallest absolute Gasteiger partial charge is 0.270 e. The largest absolute Gasteiger partial charge is 0.467 e. The van der Waals surface area contributed by atoms with Crippen molar-refractivity contribution in [3.05, 3.63) is 54.0 Å². The molecule has 1 fully saturated rings. The molecule has 8 nitrogen and oxygen atoms in total. The van der Waals surface area contributed by atoms with Gasteiger partial charge in [-0.25, -0.2) is 0 Å². The maximum Gasteiger partial charge on any atom is 0.270 e. The minimum absolute atomic E-state index is 0.0441. The third-order valence-corrected chi connectivity index (χ3v) is 5.43. The second-order valence-corrected chi connectivity index (χ2v) is 7.28. The first-order valence-corrected chi connectivity index (χ1v) is 9.73. The minimum Gasteiger partial charge on any atom is -0.467 e. The minimum atomic E-state index is -0.0655. The van der Waals surface area contributed by atoms with Crippen LogP contribution in [0.5, 0.6) is 0 Å². The first-order chi connectivity index (χ1) is 13.2.